The normalized spacial score (nSPS) is 11.0. The molecule has 0 aliphatic carbocycles. The van der Waals surface area contributed by atoms with Crippen molar-refractivity contribution in [2.24, 2.45) is 0 Å². The molecule has 0 saturated heterocycles. The molecule has 4 aromatic rings. The predicted octanol–water partition coefficient (Wildman–Crippen LogP) is 6.01. The Morgan fingerprint density at radius 3 is 2.05 bits per heavy atom. The van der Waals surface area contributed by atoms with Crippen LogP contribution in [0.3, 0.4) is 0 Å². The average molecular weight is 582 g/mol. The largest absolute Gasteiger partial charge is 0.493 e. The summed E-state index contributed by atoms with van der Waals surface area (Å²) in [5.41, 5.74) is 7.53. The van der Waals surface area contributed by atoms with E-state index in [2.05, 4.69) is 16.4 Å². The number of pyridine rings is 1. The zero-order chi connectivity index (χ0) is 30.2. The Bertz CT molecular complexity index is 1660. The van der Waals surface area contributed by atoms with Gasteiger partial charge in [0.25, 0.3) is 0 Å². The molecule has 1 unspecified atom stereocenters. The van der Waals surface area contributed by atoms with Gasteiger partial charge < -0.3 is 30.0 Å². The van der Waals surface area contributed by atoms with E-state index in [4.69, 9.17) is 24.7 Å². The molecule has 1 atom stereocenters. The maximum atomic E-state index is 13.1. The monoisotopic (exact) mass is 581 g/mol. The third kappa shape index (κ3) is 6.33. The van der Waals surface area contributed by atoms with Crippen LogP contribution in [0.2, 0.25) is 0 Å². The summed E-state index contributed by atoms with van der Waals surface area (Å²) in [6, 6.07) is 23.7. The Morgan fingerprint density at radius 1 is 0.905 bits per heavy atom. The lowest BCUT2D eigenvalue weighted by atomic mass is 9.96. The predicted molar refractivity (Wildman–Crippen MR) is 160 cm³/mol. The van der Waals surface area contributed by atoms with Gasteiger partial charge in [-0.1, -0.05) is 30.0 Å². The molecular formula is C31H27N5O5S. The fourth-order valence-electron chi connectivity index (χ4n) is 4.09. The van der Waals surface area contributed by atoms with Gasteiger partial charge in [-0.2, -0.15) is 10.5 Å². The molecule has 0 radical (unpaired) electrons. The quantitative estimate of drug-likeness (QED) is 0.213. The smallest absolute Gasteiger partial charge is 0.237 e. The molecule has 11 heteroatoms. The van der Waals surface area contributed by atoms with Crippen LogP contribution in [0.25, 0.3) is 11.1 Å². The molecule has 0 aliphatic heterocycles. The zero-order valence-corrected chi connectivity index (χ0v) is 24.1. The highest BCUT2D eigenvalue weighted by molar-refractivity contribution is 8.00. The molecule has 0 spiro atoms. The lowest BCUT2D eigenvalue weighted by Crippen LogP contribution is -2.22. The van der Waals surface area contributed by atoms with Crippen LogP contribution in [0.15, 0.2) is 71.8 Å². The molecule has 1 aromatic heterocycles. The summed E-state index contributed by atoms with van der Waals surface area (Å²) < 4.78 is 22.1. The van der Waals surface area contributed by atoms with Gasteiger partial charge in [-0.05, 0) is 61.0 Å². The minimum atomic E-state index is -0.676. The molecule has 3 N–H and O–H groups in total. The molecule has 0 aliphatic rings. The number of methoxy groups -OCH3 is 3. The van der Waals surface area contributed by atoms with Crippen molar-refractivity contribution in [3.63, 3.8) is 0 Å². The summed E-state index contributed by atoms with van der Waals surface area (Å²) in [5.74, 6) is 1.94. The van der Waals surface area contributed by atoms with Gasteiger partial charge in [-0.15, -0.1) is 0 Å². The minimum Gasteiger partial charge on any atom is -0.493 e. The first-order valence-corrected chi connectivity index (χ1v) is 13.5. The fraction of sp³-hybridized carbons (Fsp3) is 0.161. The minimum absolute atomic E-state index is 0.0140. The van der Waals surface area contributed by atoms with Crippen LogP contribution in [-0.2, 0) is 4.79 Å². The number of ether oxygens (including phenoxy) is 4. The van der Waals surface area contributed by atoms with Gasteiger partial charge in [-0.3, -0.25) is 4.79 Å². The van der Waals surface area contributed by atoms with E-state index in [1.807, 2.05) is 36.4 Å². The van der Waals surface area contributed by atoms with E-state index in [-0.39, 0.29) is 33.4 Å². The van der Waals surface area contributed by atoms with Gasteiger partial charge in [0.2, 0.25) is 11.7 Å². The van der Waals surface area contributed by atoms with E-state index in [1.165, 1.54) is 21.3 Å². The van der Waals surface area contributed by atoms with Crippen molar-refractivity contribution >= 4 is 29.2 Å². The van der Waals surface area contributed by atoms with Gasteiger partial charge in [0.1, 0.15) is 40.0 Å². The van der Waals surface area contributed by atoms with Crippen LogP contribution < -0.4 is 30.0 Å². The number of hydrogen-bond donors (Lipinski definition) is 2. The number of rotatable bonds is 10. The Hall–Kier alpha value is -5.39. The molecule has 1 amide bonds. The lowest BCUT2D eigenvalue weighted by Gasteiger charge is -2.18. The van der Waals surface area contributed by atoms with Crippen molar-refractivity contribution < 1.29 is 23.7 Å². The lowest BCUT2D eigenvalue weighted by molar-refractivity contribution is -0.115. The summed E-state index contributed by atoms with van der Waals surface area (Å²) in [6.07, 6.45) is 0. The van der Waals surface area contributed by atoms with Crippen molar-refractivity contribution in [3.8, 4) is 52.0 Å². The number of amides is 1. The van der Waals surface area contributed by atoms with Crippen LogP contribution in [0.4, 0.5) is 11.5 Å². The molecule has 4 rings (SSSR count). The summed E-state index contributed by atoms with van der Waals surface area (Å²) >= 11 is 1.05. The maximum Gasteiger partial charge on any atom is 0.237 e. The first kappa shape index (κ1) is 29.6. The average Bonchev–Trinajstić information content (AvgIpc) is 3.01. The van der Waals surface area contributed by atoms with E-state index in [1.54, 1.807) is 43.3 Å². The van der Waals surface area contributed by atoms with E-state index in [0.717, 1.165) is 11.8 Å². The third-order valence-corrected chi connectivity index (χ3v) is 7.21. The SMILES string of the molecule is COc1cc(-c2c(C#N)c(N)nc(SC(C)C(=O)Nc3ccc(Oc4ccccc4)cc3)c2C#N)cc(OC)c1OC. The number of nitrogen functional groups attached to an aromatic ring is 1. The van der Waals surface area contributed by atoms with Gasteiger partial charge in [0.15, 0.2) is 11.5 Å². The molecule has 0 bridgehead atoms. The second-order valence-electron chi connectivity index (χ2n) is 8.75. The van der Waals surface area contributed by atoms with Crippen molar-refractivity contribution in [2.45, 2.75) is 17.2 Å². The van der Waals surface area contributed by atoms with E-state index >= 15 is 0 Å². The van der Waals surface area contributed by atoms with Crippen LogP contribution in [0.1, 0.15) is 18.1 Å². The number of carbonyl (C=O) groups excluding carboxylic acids is 1. The number of nitrogens with one attached hydrogen (secondary N) is 1. The zero-order valence-electron chi connectivity index (χ0n) is 23.3. The highest BCUT2D eigenvalue weighted by Crippen LogP contribution is 2.44. The first-order chi connectivity index (χ1) is 20.3. The number of nitrogens with zero attached hydrogens (tertiary/aromatic N) is 3. The molecule has 212 valence electrons. The molecule has 0 saturated carbocycles. The second-order valence-corrected chi connectivity index (χ2v) is 10.1. The summed E-state index contributed by atoms with van der Waals surface area (Å²) in [7, 11) is 4.40. The van der Waals surface area contributed by atoms with Gasteiger partial charge in [0.05, 0.1) is 32.1 Å². The molecule has 3 aromatic carbocycles. The Morgan fingerprint density at radius 2 is 1.50 bits per heavy atom. The first-order valence-electron chi connectivity index (χ1n) is 12.6. The number of nitrogens with two attached hydrogens (primary N) is 1. The summed E-state index contributed by atoms with van der Waals surface area (Å²) in [5, 5.41) is 22.5. The van der Waals surface area contributed by atoms with Crippen molar-refractivity contribution in [2.75, 3.05) is 32.4 Å². The second kappa shape index (κ2) is 13.3. The fourth-order valence-corrected chi connectivity index (χ4v) is 5.01. The summed E-state index contributed by atoms with van der Waals surface area (Å²) in [6.45, 7) is 1.68. The molecule has 10 nitrogen and oxygen atoms in total. The van der Waals surface area contributed by atoms with Gasteiger partial charge >= 0.3 is 0 Å². The summed E-state index contributed by atoms with van der Waals surface area (Å²) in [4.78, 5) is 17.4. The Labute approximate surface area is 247 Å². The van der Waals surface area contributed by atoms with Crippen LogP contribution >= 0.6 is 11.8 Å². The maximum absolute atomic E-state index is 13.1. The van der Waals surface area contributed by atoms with E-state index in [0.29, 0.717) is 40.0 Å². The molecule has 42 heavy (non-hydrogen) atoms. The highest BCUT2D eigenvalue weighted by Gasteiger charge is 2.26. The number of carbonyl (C=O) groups is 1. The Kier molecular flexibility index (Phi) is 9.38. The molecular weight excluding hydrogens is 554 g/mol. The topological polar surface area (TPSA) is 153 Å². The molecule has 0 fully saturated rings. The number of benzene rings is 3. The Balaban J connectivity index is 1.61. The third-order valence-electron chi connectivity index (χ3n) is 6.13. The number of aromatic nitrogens is 1. The van der Waals surface area contributed by atoms with Crippen LogP contribution in [0.5, 0.6) is 28.7 Å². The standard InChI is InChI=1S/C31H27N5O5S/c1-18(30(37)35-20-10-12-22(13-11-20)41-21-8-6-5-7-9-21)42-31-24(17-33)27(23(16-32)29(34)36-31)19-14-25(38-2)28(40-4)26(15-19)39-3/h5-15,18H,1-4H3,(H2,34,36)(H,35,37). The van der Waals surface area contributed by atoms with E-state index < -0.39 is 5.25 Å². The van der Waals surface area contributed by atoms with E-state index in [9.17, 15) is 15.3 Å². The van der Waals surface area contributed by atoms with Crippen molar-refractivity contribution in [1.29, 1.82) is 10.5 Å². The number of hydrogen-bond acceptors (Lipinski definition) is 10. The van der Waals surface area contributed by atoms with Crippen molar-refractivity contribution in [1.82, 2.24) is 4.98 Å². The number of nitriles is 2. The highest BCUT2D eigenvalue weighted by atomic mass is 32.2. The van der Waals surface area contributed by atoms with Crippen LogP contribution in [0, 0.1) is 22.7 Å². The van der Waals surface area contributed by atoms with Gasteiger partial charge in [0, 0.05) is 11.3 Å². The van der Waals surface area contributed by atoms with Crippen molar-refractivity contribution in [3.05, 3.63) is 77.9 Å². The number of anilines is 2. The number of thioether (sulfide) groups is 1. The molecule has 1 heterocycles. The van der Waals surface area contributed by atoms with Gasteiger partial charge in [-0.25, -0.2) is 4.98 Å². The number of para-hydroxylation sites is 1. The van der Waals surface area contributed by atoms with Crippen LogP contribution in [-0.4, -0.2) is 37.5 Å².